The molecule has 1 unspecified atom stereocenters. The minimum atomic E-state index is 0.608. The first-order valence-corrected chi connectivity index (χ1v) is 14.3. The fourth-order valence-corrected chi connectivity index (χ4v) is 5.78. The van der Waals surface area contributed by atoms with Gasteiger partial charge in [0.15, 0.2) is 7.28 Å². The summed E-state index contributed by atoms with van der Waals surface area (Å²) >= 11 is 0. The Balaban J connectivity index is 1.39. The van der Waals surface area contributed by atoms with Crippen molar-refractivity contribution in [3.63, 3.8) is 0 Å². The molecule has 1 atom stereocenters. The Bertz CT molecular complexity index is 1530. The highest BCUT2D eigenvalue weighted by Crippen LogP contribution is 2.27. The van der Waals surface area contributed by atoms with E-state index in [0.717, 1.165) is 7.28 Å². The lowest BCUT2D eigenvalue weighted by Crippen LogP contribution is -2.34. The Hall–Kier alpha value is -3.84. The van der Waals surface area contributed by atoms with Crippen LogP contribution in [0.1, 0.15) is 54.0 Å². The van der Waals surface area contributed by atoms with E-state index in [0.29, 0.717) is 5.92 Å². The van der Waals surface area contributed by atoms with E-state index < -0.39 is 0 Å². The number of aryl methyl sites for hydroxylation is 4. The standard InChI is InChI=1S/C38H39B/c1-7-25(2)30-13-15-33(16-14-30)35-21-26(3)37(27(4)22-35)39-38-28(5)23-36(24-29(38)6)34-19-17-32(18-20-34)31-11-9-8-10-12-31/h8-25,39H,7H2,1-6H3. The quantitative estimate of drug-likeness (QED) is 0.194. The Morgan fingerprint density at radius 1 is 0.487 bits per heavy atom. The van der Waals surface area contributed by atoms with Crippen LogP contribution in [0, 0.1) is 27.7 Å². The molecule has 0 N–H and O–H groups in total. The zero-order chi connectivity index (χ0) is 27.5. The molecule has 0 saturated heterocycles. The molecule has 194 valence electrons. The van der Waals surface area contributed by atoms with E-state index in [-0.39, 0.29) is 0 Å². The molecular formula is C38H39B. The molecule has 0 amide bonds. The molecule has 0 aliphatic rings. The molecule has 0 spiro atoms. The molecular weight excluding hydrogens is 467 g/mol. The molecule has 5 aromatic rings. The number of hydrogen-bond acceptors (Lipinski definition) is 0. The average Bonchev–Trinajstić information content (AvgIpc) is 2.96. The van der Waals surface area contributed by atoms with Crippen molar-refractivity contribution in [1.29, 1.82) is 0 Å². The first-order valence-electron chi connectivity index (χ1n) is 14.3. The predicted molar refractivity (Wildman–Crippen MR) is 173 cm³/mol. The molecule has 0 aromatic heterocycles. The average molecular weight is 507 g/mol. The summed E-state index contributed by atoms with van der Waals surface area (Å²) < 4.78 is 0. The van der Waals surface area contributed by atoms with Crippen LogP contribution in [0.2, 0.25) is 0 Å². The summed E-state index contributed by atoms with van der Waals surface area (Å²) in [6, 6.07) is 38.2. The van der Waals surface area contributed by atoms with Crippen molar-refractivity contribution in [2.45, 2.75) is 53.9 Å². The van der Waals surface area contributed by atoms with Crippen molar-refractivity contribution in [2.24, 2.45) is 0 Å². The molecule has 5 rings (SSSR count). The van der Waals surface area contributed by atoms with Gasteiger partial charge in [0.05, 0.1) is 0 Å². The third-order valence-electron chi connectivity index (χ3n) is 8.50. The summed E-state index contributed by atoms with van der Waals surface area (Å²) in [5, 5.41) is 0. The second-order valence-electron chi connectivity index (χ2n) is 11.2. The molecule has 0 saturated carbocycles. The van der Waals surface area contributed by atoms with E-state index in [1.54, 1.807) is 0 Å². The van der Waals surface area contributed by atoms with E-state index in [4.69, 9.17) is 0 Å². The number of rotatable bonds is 7. The van der Waals surface area contributed by atoms with Crippen molar-refractivity contribution in [2.75, 3.05) is 0 Å². The number of benzene rings is 5. The zero-order valence-corrected chi connectivity index (χ0v) is 24.3. The molecule has 0 heterocycles. The van der Waals surface area contributed by atoms with E-state index in [9.17, 15) is 0 Å². The molecule has 1 heteroatoms. The van der Waals surface area contributed by atoms with Crippen molar-refractivity contribution in [1.82, 2.24) is 0 Å². The van der Waals surface area contributed by atoms with Gasteiger partial charge >= 0.3 is 0 Å². The molecule has 0 aliphatic carbocycles. The lowest BCUT2D eigenvalue weighted by molar-refractivity contribution is 0.734. The van der Waals surface area contributed by atoms with Gasteiger partial charge < -0.3 is 0 Å². The Morgan fingerprint density at radius 3 is 1.26 bits per heavy atom. The third kappa shape index (κ3) is 5.79. The smallest absolute Gasteiger partial charge is 0.0728 e. The van der Waals surface area contributed by atoms with Gasteiger partial charge in [0.2, 0.25) is 0 Å². The second kappa shape index (κ2) is 11.5. The Morgan fingerprint density at radius 2 is 0.846 bits per heavy atom. The van der Waals surface area contributed by atoms with Gasteiger partial charge in [-0.2, -0.15) is 0 Å². The summed E-state index contributed by atoms with van der Waals surface area (Å²) in [5.74, 6) is 0.608. The van der Waals surface area contributed by atoms with E-state index in [1.807, 2.05) is 0 Å². The SMILES string of the molecule is CCC(C)c1ccc(-c2cc(C)c(Bc3c(C)cc(-c4ccc(-c5ccccc5)cc4)cc3C)c(C)c2)cc1. The van der Waals surface area contributed by atoms with Crippen LogP contribution in [0.4, 0.5) is 0 Å². The van der Waals surface area contributed by atoms with Crippen molar-refractivity contribution >= 4 is 18.2 Å². The molecule has 0 nitrogen and oxygen atoms in total. The maximum absolute atomic E-state index is 2.37. The van der Waals surface area contributed by atoms with E-state index >= 15 is 0 Å². The highest BCUT2D eigenvalue weighted by Gasteiger charge is 2.14. The maximum atomic E-state index is 2.37. The minimum Gasteiger partial charge on any atom is -0.0728 e. The van der Waals surface area contributed by atoms with Gasteiger partial charge in [0, 0.05) is 0 Å². The Kier molecular flexibility index (Phi) is 7.89. The third-order valence-corrected chi connectivity index (χ3v) is 8.50. The van der Waals surface area contributed by atoms with Crippen LogP contribution in [0.5, 0.6) is 0 Å². The molecule has 0 fully saturated rings. The minimum absolute atomic E-state index is 0.608. The van der Waals surface area contributed by atoms with Gasteiger partial charge in [-0.05, 0) is 79.0 Å². The summed E-state index contributed by atoms with van der Waals surface area (Å²) in [7, 11) is 0.968. The summed E-state index contributed by atoms with van der Waals surface area (Å²) in [6.45, 7) is 13.6. The van der Waals surface area contributed by atoms with Gasteiger partial charge in [-0.25, -0.2) is 0 Å². The van der Waals surface area contributed by atoms with Gasteiger partial charge in [-0.15, -0.1) is 0 Å². The van der Waals surface area contributed by atoms with Gasteiger partial charge in [0.1, 0.15) is 0 Å². The lowest BCUT2D eigenvalue weighted by Gasteiger charge is -2.17. The molecule has 39 heavy (non-hydrogen) atoms. The Labute approximate surface area is 236 Å². The highest BCUT2D eigenvalue weighted by atomic mass is 14.1. The normalized spacial score (nSPS) is 11.8. The fourth-order valence-electron chi connectivity index (χ4n) is 5.78. The maximum Gasteiger partial charge on any atom is 0.193 e. The first kappa shape index (κ1) is 26.8. The fraction of sp³-hybridized carbons (Fsp3) is 0.211. The van der Waals surface area contributed by atoms with E-state index in [1.165, 1.54) is 78.5 Å². The van der Waals surface area contributed by atoms with Crippen LogP contribution in [-0.4, -0.2) is 7.28 Å². The molecule has 0 bridgehead atoms. The predicted octanol–water partition coefficient (Wildman–Crippen LogP) is 8.82. The van der Waals surface area contributed by atoms with E-state index in [2.05, 4.69) is 145 Å². The topological polar surface area (TPSA) is 0 Å². The van der Waals surface area contributed by atoms with Gasteiger partial charge in [0.25, 0.3) is 0 Å². The first-order chi connectivity index (χ1) is 18.8. The second-order valence-corrected chi connectivity index (χ2v) is 11.2. The summed E-state index contributed by atoms with van der Waals surface area (Å²) in [4.78, 5) is 0. The molecule has 5 aromatic carbocycles. The van der Waals surface area contributed by atoms with Crippen LogP contribution in [0.3, 0.4) is 0 Å². The number of hydrogen-bond donors (Lipinski definition) is 0. The van der Waals surface area contributed by atoms with Crippen molar-refractivity contribution in [3.05, 3.63) is 131 Å². The van der Waals surface area contributed by atoms with Crippen LogP contribution >= 0.6 is 0 Å². The van der Waals surface area contributed by atoms with Crippen LogP contribution < -0.4 is 10.9 Å². The van der Waals surface area contributed by atoms with Crippen LogP contribution in [0.15, 0.2) is 103 Å². The summed E-state index contributed by atoms with van der Waals surface area (Å²) in [6.07, 6.45) is 1.17. The lowest BCUT2D eigenvalue weighted by atomic mass is 9.58. The highest BCUT2D eigenvalue weighted by molar-refractivity contribution is 6.69. The van der Waals surface area contributed by atoms with Crippen molar-refractivity contribution in [3.8, 4) is 33.4 Å². The van der Waals surface area contributed by atoms with Crippen LogP contribution in [-0.2, 0) is 0 Å². The monoisotopic (exact) mass is 506 g/mol. The zero-order valence-electron chi connectivity index (χ0n) is 24.3. The van der Waals surface area contributed by atoms with Crippen LogP contribution in [0.25, 0.3) is 33.4 Å². The summed E-state index contributed by atoms with van der Waals surface area (Å²) in [5.41, 5.74) is 17.5. The largest absolute Gasteiger partial charge is 0.193 e. The van der Waals surface area contributed by atoms with Crippen molar-refractivity contribution < 1.29 is 0 Å². The van der Waals surface area contributed by atoms with Gasteiger partial charge in [-0.1, -0.05) is 150 Å². The van der Waals surface area contributed by atoms with Gasteiger partial charge in [-0.3, -0.25) is 0 Å². The molecule has 0 radical (unpaired) electrons. The molecule has 0 aliphatic heterocycles.